The van der Waals surface area contributed by atoms with Crippen molar-refractivity contribution in [3.63, 3.8) is 0 Å². The summed E-state index contributed by atoms with van der Waals surface area (Å²) in [7, 11) is 0. The Morgan fingerprint density at radius 3 is 2.12 bits per heavy atom. The van der Waals surface area contributed by atoms with Gasteiger partial charge in [-0.25, -0.2) is 0 Å². The molecule has 0 aliphatic heterocycles. The van der Waals surface area contributed by atoms with Crippen molar-refractivity contribution < 1.29 is 4.79 Å². The van der Waals surface area contributed by atoms with Crippen LogP contribution in [-0.2, 0) is 4.79 Å². The van der Waals surface area contributed by atoms with E-state index in [0.717, 1.165) is 33.8 Å². The Hall–Kier alpha value is -4.36. The Kier molecular flexibility index (Phi) is 6.75. The molecule has 168 valence electrons. The van der Waals surface area contributed by atoms with Crippen LogP contribution in [0.5, 0.6) is 0 Å². The molecule has 0 unspecified atom stereocenters. The number of carbonyl (C=O) groups excluding carboxylic acids is 1. The van der Waals surface area contributed by atoms with Crippen LogP contribution >= 0.6 is 0 Å². The molecule has 4 aromatic rings. The van der Waals surface area contributed by atoms with Gasteiger partial charge < -0.3 is 9.88 Å². The first kappa shape index (κ1) is 22.8. The monoisotopic (exact) mass is 445 g/mol. The molecule has 4 nitrogen and oxygen atoms in total. The van der Waals surface area contributed by atoms with Gasteiger partial charge in [-0.15, -0.1) is 0 Å². The second kappa shape index (κ2) is 10.1. The summed E-state index contributed by atoms with van der Waals surface area (Å²) in [5.41, 5.74) is 7.30. The van der Waals surface area contributed by atoms with E-state index in [2.05, 4.69) is 52.4 Å². The van der Waals surface area contributed by atoms with Crippen LogP contribution in [0.1, 0.15) is 35.5 Å². The summed E-state index contributed by atoms with van der Waals surface area (Å²) < 4.78 is 2.14. The van der Waals surface area contributed by atoms with Crippen molar-refractivity contribution in [1.82, 2.24) is 9.88 Å². The number of carbonyl (C=O) groups is 1. The van der Waals surface area contributed by atoms with Gasteiger partial charge in [0.05, 0.1) is 6.04 Å². The fraction of sp³-hybridized carbons (Fsp3) is 0.133. The Morgan fingerprint density at radius 1 is 0.912 bits per heavy atom. The standard InChI is InChI=1S/C30H27N3O/c1-21-18-27(19-28(20-31)30(34)32-22(2)24-10-6-4-7-11-24)23(3)33(21)29-16-14-26(15-17-29)25-12-8-5-9-13-25/h4-19,22H,1-3H3,(H,32,34)/b28-19+/t22-/m1/s1. The number of nitrogens with one attached hydrogen (secondary N) is 1. The molecule has 1 heterocycles. The number of aryl methyl sites for hydroxylation is 1. The van der Waals surface area contributed by atoms with Crippen LogP contribution in [0.3, 0.4) is 0 Å². The molecule has 34 heavy (non-hydrogen) atoms. The van der Waals surface area contributed by atoms with E-state index in [1.54, 1.807) is 6.08 Å². The SMILES string of the molecule is Cc1cc(/C=C(\C#N)C(=O)N[C@H](C)c2ccccc2)c(C)n1-c1ccc(-c2ccccc2)cc1. The highest BCUT2D eigenvalue weighted by Gasteiger charge is 2.16. The number of nitriles is 1. The normalized spacial score (nSPS) is 12.1. The Balaban J connectivity index is 1.58. The van der Waals surface area contributed by atoms with E-state index in [-0.39, 0.29) is 17.5 Å². The molecule has 0 aliphatic carbocycles. The van der Waals surface area contributed by atoms with Crippen molar-refractivity contribution in [2.24, 2.45) is 0 Å². The molecule has 0 fully saturated rings. The molecule has 0 spiro atoms. The fourth-order valence-corrected chi connectivity index (χ4v) is 4.17. The van der Waals surface area contributed by atoms with E-state index >= 15 is 0 Å². The van der Waals surface area contributed by atoms with Crippen LogP contribution in [0.25, 0.3) is 22.9 Å². The van der Waals surface area contributed by atoms with Crippen LogP contribution in [0, 0.1) is 25.2 Å². The van der Waals surface area contributed by atoms with Gasteiger partial charge in [0, 0.05) is 17.1 Å². The van der Waals surface area contributed by atoms with Crippen LogP contribution in [0.4, 0.5) is 0 Å². The van der Waals surface area contributed by atoms with E-state index in [0.29, 0.717) is 0 Å². The van der Waals surface area contributed by atoms with E-state index in [1.165, 1.54) is 5.56 Å². The summed E-state index contributed by atoms with van der Waals surface area (Å²) >= 11 is 0. The zero-order chi connectivity index (χ0) is 24.1. The topological polar surface area (TPSA) is 57.8 Å². The molecule has 1 aromatic heterocycles. The number of hydrogen-bond donors (Lipinski definition) is 1. The maximum atomic E-state index is 12.8. The summed E-state index contributed by atoms with van der Waals surface area (Å²) in [5.74, 6) is -0.379. The van der Waals surface area contributed by atoms with E-state index in [4.69, 9.17) is 0 Å². The molecule has 1 N–H and O–H groups in total. The summed E-state index contributed by atoms with van der Waals surface area (Å²) in [5, 5.41) is 12.6. The number of rotatable bonds is 6. The molecule has 0 saturated carbocycles. The summed E-state index contributed by atoms with van der Waals surface area (Å²) in [6.45, 7) is 5.94. The molecule has 0 bridgehead atoms. The second-order valence-electron chi connectivity index (χ2n) is 8.35. The highest BCUT2D eigenvalue weighted by molar-refractivity contribution is 6.02. The average Bonchev–Trinajstić information content (AvgIpc) is 3.15. The van der Waals surface area contributed by atoms with Gasteiger partial charge in [-0.05, 0) is 67.3 Å². The zero-order valence-corrected chi connectivity index (χ0v) is 19.6. The number of hydrogen-bond acceptors (Lipinski definition) is 2. The minimum atomic E-state index is -0.379. The fourth-order valence-electron chi connectivity index (χ4n) is 4.17. The Bertz CT molecular complexity index is 1360. The summed E-state index contributed by atoms with van der Waals surface area (Å²) in [6, 6.07) is 32.3. The molecular formula is C30H27N3O. The summed E-state index contributed by atoms with van der Waals surface area (Å²) in [4.78, 5) is 12.8. The van der Waals surface area contributed by atoms with Crippen LogP contribution in [0.15, 0.2) is 96.6 Å². The van der Waals surface area contributed by atoms with Crippen LogP contribution in [-0.4, -0.2) is 10.5 Å². The van der Waals surface area contributed by atoms with Gasteiger partial charge in [0.25, 0.3) is 5.91 Å². The third-order valence-electron chi connectivity index (χ3n) is 6.01. The lowest BCUT2D eigenvalue weighted by Crippen LogP contribution is -2.27. The number of nitrogens with zero attached hydrogens (tertiary/aromatic N) is 2. The first-order valence-corrected chi connectivity index (χ1v) is 11.3. The zero-order valence-electron chi connectivity index (χ0n) is 19.6. The first-order chi connectivity index (χ1) is 16.5. The lowest BCUT2D eigenvalue weighted by Gasteiger charge is -2.14. The van der Waals surface area contributed by atoms with Gasteiger partial charge in [0.1, 0.15) is 11.6 Å². The maximum Gasteiger partial charge on any atom is 0.262 e. The molecule has 4 heteroatoms. The van der Waals surface area contributed by atoms with Gasteiger partial charge in [-0.1, -0.05) is 72.8 Å². The predicted octanol–water partition coefficient (Wildman–Crippen LogP) is 6.55. The minimum absolute atomic E-state index is 0.0856. The minimum Gasteiger partial charge on any atom is -0.345 e. The molecule has 3 aromatic carbocycles. The van der Waals surface area contributed by atoms with Crippen LogP contribution in [0.2, 0.25) is 0 Å². The molecular weight excluding hydrogens is 418 g/mol. The predicted molar refractivity (Wildman–Crippen MR) is 137 cm³/mol. The smallest absolute Gasteiger partial charge is 0.262 e. The van der Waals surface area contributed by atoms with Gasteiger partial charge in [-0.3, -0.25) is 4.79 Å². The molecule has 4 rings (SSSR count). The van der Waals surface area contributed by atoms with Crippen molar-refractivity contribution in [3.8, 4) is 22.9 Å². The molecule has 0 radical (unpaired) electrons. The highest BCUT2D eigenvalue weighted by Crippen LogP contribution is 2.26. The third-order valence-corrected chi connectivity index (χ3v) is 6.01. The lowest BCUT2D eigenvalue weighted by atomic mass is 10.1. The van der Waals surface area contributed by atoms with Gasteiger partial charge in [0.15, 0.2) is 0 Å². The molecule has 0 saturated heterocycles. The molecule has 1 amide bonds. The Morgan fingerprint density at radius 2 is 1.50 bits per heavy atom. The van der Waals surface area contributed by atoms with Gasteiger partial charge in [0.2, 0.25) is 0 Å². The van der Waals surface area contributed by atoms with Gasteiger partial charge in [-0.2, -0.15) is 5.26 Å². The largest absolute Gasteiger partial charge is 0.345 e. The third kappa shape index (κ3) is 4.84. The highest BCUT2D eigenvalue weighted by atomic mass is 16.1. The number of amides is 1. The van der Waals surface area contributed by atoms with Gasteiger partial charge >= 0.3 is 0 Å². The van der Waals surface area contributed by atoms with Crippen molar-refractivity contribution in [2.45, 2.75) is 26.8 Å². The first-order valence-electron chi connectivity index (χ1n) is 11.3. The van der Waals surface area contributed by atoms with E-state index in [1.807, 2.05) is 75.4 Å². The number of aromatic nitrogens is 1. The Labute approximate surface area is 200 Å². The molecule has 0 aliphatic rings. The average molecular weight is 446 g/mol. The van der Waals surface area contributed by atoms with Crippen molar-refractivity contribution in [2.75, 3.05) is 0 Å². The van der Waals surface area contributed by atoms with Crippen molar-refractivity contribution in [1.29, 1.82) is 5.26 Å². The number of benzene rings is 3. The van der Waals surface area contributed by atoms with Crippen molar-refractivity contribution >= 4 is 12.0 Å². The second-order valence-corrected chi connectivity index (χ2v) is 8.35. The van der Waals surface area contributed by atoms with E-state index in [9.17, 15) is 10.1 Å². The van der Waals surface area contributed by atoms with Crippen LogP contribution < -0.4 is 5.32 Å². The quantitative estimate of drug-likeness (QED) is 0.270. The summed E-state index contributed by atoms with van der Waals surface area (Å²) in [6.07, 6.45) is 1.67. The lowest BCUT2D eigenvalue weighted by molar-refractivity contribution is -0.117. The molecule has 1 atom stereocenters. The van der Waals surface area contributed by atoms with Crippen molar-refractivity contribution in [3.05, 3.63) is 119 Å². The van der Waals surface area contributed by atoms with E-state index < -0.39 is 0 Å². The maximum absolute atomic E-state index is 12.8.